The first-order valence-electron chi connectivity index (χ1n) is 6.79. The van der Waals surface area contributed by atoms with Crippen molar-refractivity contribution in [1.82, 2.24) is 0 Å². The third kappa shape index (κ3) is 3.16. The fraction of sp³-hybridized carbons (Fsp3) is 0.294. The van der Waals surface area contributed by atoms with Gasteiger partial charge in [0.15, 0.2) is 0 Å². The van der Waals surface area contributed by atoms with Crippen LogP contribution in [-0.4, -0.2) is 0 Å². The van der Waals surface area contributed by atoms with Crippen LogP contribution in [0.15, 0.2) is 42.5 Å². The maximum absolute atomic E-state index is 13.8. The molecule has 0 spiro atoms. The van der Waals surface area contributed by atoms with Crippen molar-refractivity contribution < 1.29 is 8.78 Å². The van der Waals surface area contributed by atoms with Crippen LogP contribution in [0.5, 0.6) is 0 Å². The Hall–Kier alpha value is -1.90. The van der Waals surface area contributed by atoms with E-state index in [2.05, 4.69) is 25.2 Å². The van der Waals surface area contributed by atoms with Crippen molar-refractivity contribution in [2.45, 2.75) is 32.7 Å². The van der Waals surface area contributed by atoms with Gasteiger partial charge in [-0.1, -0.05) is 38.1 Å². The molecule has 0 aliphatic heterocycles. The highest BCUT2D eigenvalue weighted by Crippen LogP contribution is 2.28. The van der Waals surface area contributed by atoms with Crippen LogP contribution in [0, 0.1) is 11.6 Å². The highest BCUT2D eigenvalue weighted by molar-refractivity contribution is 5.54. The molecule has 1 atom stereocenters. The second-order valence-corrected chi connectivity index (χ2v) is 5.27. The molecule has 0 fully saturated rings. The summed E-state index contributed by atoms with van der Waals surface area (Å²) in [7, 11) is 0. The van der Waals surface area contributed by atoms with Gasteiger partial charge in [0.2, 0.25) is 0 Å². The average Bonchev–Trinajstić information content (AvgIpc) is 2.38. The van der Waals surface area contributed by atoms with E-state index in [0.29, 0.717) is 11.5 Å². The van der Waals surface area contributed by atoms with Gasteiger partial charge in [-0.3, -0.25) is 0 Å². The molecule has 0 aliphatic rings. The van der Waals surface area contributed by atoms with Crippen LogP contribution in [0.2, 0.25) is 0 Å². The number of halogens is 2. The van der Waals surface area contributed by atoms with Gasteiger partial charge in [0.1, 0.15) is 11.6 Å². The van der Waals surface area contributed by atoms with E-state index in [1.54, 1.807) is 0 Å². The molecule has 1 N–H and O–H groups in total. The summed E-state index contributed by atoms with van der Waals surface area (Å²) in [6.45, 7) is 6.10. The van der Waals surface area contributed by atoms with E-state index in [0.717, 1.165) is 11.8 Å². The van der Waals surface area contributed by atoms with Crippen LogP contribution in [0.1, 0.15) is 43.9 Å². The predicted octanol–water partition coefficient (Wildman–Crippen LogP) is 5.26. The van der Waals surface area contributed by atoms with Crippen LogP contribution < -0.4 is 5.32 Å². The smallest absolute Gasteiger partial charge is 0.131 e. The summed E-state index contributed by atoms with van der Waals surface area (Å²) in [5.74, 6) is -0.697. The lowest BCUT2D eigenvalue weighted by molar-refractivity contribution is 0.566. The summed E-state index contributed by atoms with van der Waals surface area (Å²) in [4.78, 5) is 0. The molecule has 20 heavy (non-hydrogen) atoms. The van der Waals surface area contributed by atoms with Crippen molar-refractivity contribution in [2.75, 3.05) is 5.32 Å². The third-order valence-electron chi connectivity index (χ3n) is 3.38. The molecule has 0 aromatic heterocycles. The number of rotatable bonds is 4. The average molecular weight is 275 g/mol. The second-order valence-electron chi connectivity index (χ2n) is 5.27. The largest absolute Gasteiger partial charge is 0.378 e. The Bertz CT molecular complexity index is 593. The van der Waals surface area contributed by atoms with E-state index in [1.807, 2.05) is 25.1 Å². The SMILES string of the molecule is CC(C)c1ccccc1NC(C)c1ccc(F)cc1F. The highest BCUT2D eigenvalue weighted by Gasteiger charge is 2.14. The van der Waals surface area contributed by atoms with Crippen molar-refractivity contribution in [2.24, 2.45) is 0 Å². The second kappa shape index (κ2) is 6.04. The summed E-state index contributed by atoms with van der Waals surface area (Å²) in [6.07, 6.45) is 0. The standard InChI is InChI=1S/C17H19F2N/c1-11(2)14-6-4-5-7-17(14)20-12(3)15-9-8-13(18)10-16(15)19/h4-12,20H,1-3H3. The molecule has 2 aromatic rings. The van der Waals surface area contributed by atoms with E-state index in [-0.39, 0.29) is 6.04 Å². The van der Waals surface area contributed by atoms with Crippen molar-refractivity contribution in [3.63, 3.8) is 0 Å². The van der Waals surface area contributed by atoms with Crippen LogP contribution >= 0.6 is 0 Å². The summed E-state index contributed by atoms with van der Waals surface area (Å²) >= 11 is 0. The molecule has 1 nitrogen and oxygen atoms in total. The Morgan fingerprint density at radius 1 is 0.900 bits per heavy atom. The van der Waals surface area contributed by atoms with Crippen molar-refractivity contribution in [3.8, 4) is 0 Å². The van der Waals surface area contributed by atoms with E-state index >= 15 is 0 Å². The van der Waals surface area contributed by atoms with Crippen molar-refractivity contribution >= 4 is 5.69 Å². The van der Waals surface area contributed by atoms with Gasteiger partial charge in [-0.05, 0) is 30.5 Å². The Balaban J connectivity index is 2.26. The first-order valence-corrected chi connectivity index (χ1v) is 6.79. The topological polar surface area (TPSA) is 12.0 Å². The predicted molar refractivity (Wildman–Crippen MR) is 78.9 cm³/mol. The molecule has 0 saturated heterocycles. The number of para-hydroxylation sites is 1. The maximum atomic E-state index is 13.8. The van der Waals surface area contributed by atoms with E-state index in [4.69, 9.17) is 0 Å². The molecule has 106 valence electrons. The maximum Gasteiger partial charge on any atom is 0.131 e. The molecule has 0 radical (unpaired) electrons. The van der Waals surface area contributed by atoms with Gasteiger partial charge in [-0.2, -0.15) is 0 Å². The highest BCUT2D eigenvalue weighted by atomic mass is 19.1. The molecular weight excluding hydrogens is 256 g/mol. The quantitative estimate of drug-likeness (QED) is 0.802. The van der Waals surface area contributed by atoms with Gasteiger partial charge in [0, 0.05) is 17.3 Å². The molecule has 1 unspecified atom stereocenters. The van der Waals surface area contributed by atoms with E-state index in [1.165, 1.54) is 17.7 Å². The van der Waals surface area contributed by atoms with Gasteiger partial charge in [0.25, 0.3) is 0 Å². The molecule has 0 saturated carbocycles. The molecule has 0 aliphatic carbocycles. The Kier molecular flexibility index (Phi) is 4.38. The molecule has 0 bridgehead atoms. The zero-order valence-corrected chi connectivity index (χ0v) is 12.0. The van der Waals surface area contributed by atoms with Gasteiger partial charge in [-0.25, -0.2) is 8.78 Å². The first-order chi connectivity index (χ1) is 9.49. The minimum absolute atomic E-state index is 0.226. The van der Waals surface area contributed by atoms with Gasteiger partial charge in [-0.15, -0.1) is 0 Å². The monoisotopic (exact) mass is 275 g/mol. The fourth-order valence-electron chi connectivity index (χ4n) is 2.30. The molecule has 2 aromatic carbocycles. The number of benzene rings is 2. The lowest BCUT2D eigenvalue weighted by atomic mass is 10.00. The summed E-state index contributed by atoms with van der Waals surface area (Å²) < 4.78 is 26.7. The third-order valence-corrected chi connectivity index (χ3v) is 3.38. The molecule has 2 rings (SSSR count). The first kappa shape index (κ1) is 14.5. The van der Waals surface area contributed by atoms with Crippen LogP contribution in [0.3, 0.4) is 0 Å². The van der Waals surface area contributed by atoms with Crippen molar-refractivity contribution in [3.05, 3.63) is 65.2 Å². The number of anilines is 1. The molecular formula is C17H19F2N. The van der Waals surface area contributed by atoms with Gasteiger partial charge < -0.3 is 5.32 Å². The minimum Gasteiger partial charge on any atom is -0.378 e. The zero-order valence-electron chi connectivity index (χ0n) is 12.0. The Morgan fingerprint density at radius 2 is 1.60 bits per heavy atom. The lowest BCUT2D eigenvalue weighted by Crippen LogP contribution is -2.10. The Labute approximate surface area is 118 Å². The number of hydrogen-bond acceptors (Lipinski definition) is 1. The van der Waals surface area contributed by atoms with Crippen LogP contribution in [0.4, 0.5) is 14.5 Å². The van der Waals surface area contributed by atoms with Crippen LogP contribution in [0.25, 0.3) is 0 Å². The van der Waals surface area contributed by atoms with Crippen LogP contribution in [-0.2, 0) is 0 Å². The number of hydrogen-bond donors (Lipinski definition) is 1. The molecule has 0 heterocycles. The van der Waals surface area contributed by atoms with E-state index in [9.17, 15) is 8.78 Å². The van der Waals surface area contributed by atoms with Crippen molar-refractivity contribution in [1.29, 1.82) is 0 Å². The van der Waals surface area contributed by atoms with Gasteiger partial charge >= 0.3 is 0 Å². The minimum atomic E-state index is -0.555. The number of nitrogens with one attached hydrogen (secondary N) is 1. The Morgan fingerprint density at radius 3 is 2.25 bits per heavy atom. The molecule has 0 amide bonds. The summed E-state index contributed by atoms with van der Waals surface area (Å²) in [6, 6.07) is 11.4. The van der Waals surface area contributed by atoms with E-state index < -0.39 is 11.6 Å². The fourth-order valence-corrected chi connectivity index (χ4v) is 2.30. The molecule has 3 heteroatoms. The summed E-state index contributed by atoms with van der Waals surface area (Å²) in [5.41, 5.74) is 2.63. The lowest BCUT2D eigenvalue weighted by Gasteiger charge is -2.20. The summed E-state index contributed by atoms with van der Waals surface area (Å²) in [5, 5.41) is 3.31. The zero-order chi connectivity index (χ0) is 14.7. The normalized spacial score (nSPS) is 12.5. The van der Waals surface area contributed by atoms with Gasteiger partial charge in [0.05, 0.1) is 6.04 Å².